The van der Waals surface area contributed by atoms with Crippen molar-refractivity contribution in [3.05, 3.63) is 101 Å². The molecule has 4 rings (SSSR count). The van der Waals surface area contributed by atoms with Crippen LogP contribution in [0.3, 0.4) is 0 Å². The van der Waals surface area contributed by atoms with Gasteiger partial charge < -0.3 is 9.64 Å². The molecular formula is C26H26ClFN2O2. The number of hydrogen-bond donors (Lipinski definition) is 0. The lowest BCUT2D eigenvalue weighted by molar-refractivity contribution is 0.132. The number of amides is 1. The zero-order valence-electron chi connectivity index (χ0n) is 18.2. The van der Waals surface area contributed by atoms with E-state index in [4.69, 9.17) is 16.3 Å². The predicted molar refractivity (Wildman–Crippen MR) is 124 cm³/mol. The van der Waals surface area contributed by atoms with Gasteiger partial charge >= 0.3 is 6.09 Å². The molecule has 166 valence electrons. The van der Waals surface area contributed by atoms with Crippen LogP contribution in [0.4, 0.5) is 9.18 Å². The third-order valence-corrected chi connectivity index (χ3v) is 6.50. The van der Waals surface area contributed by atoms with Crippen molar-refractivity contribution < 1.29 is 13.9 Å². The molecule has 1 amide bonds. The Hall–Kier alpha value is -2.89. The first kappa shape index (κ1) is 22.3. The fraction of sp³-hybridized carbons (Fsp3) is 0.269. The Morgan fingerprint density at radius 3 is 2.41 bits per heavy atom. The summed E-state index contributed by atoms with van der Waals surface area (Å²) in [7, 11) is 1.76. The maximum absolute atomic E-state index is 13.2. The molecule has 0 aromatic heterocycles. The fourth-order valence-electron chi connectivity index (χ4n) is 4.51. The second kappa shape index (κ2) is 9.31. The Morgan fingerprint density at radius 1 is 1.09 bits per heavy atom. The predicted octanol–water partition coefficient (Wildman–Crippen LogP) is 5.75. The summed E-state index contributed by atoms with van der Waals surface area (Å²) in [6.45, 7) is 4.44. The SMILES string of the molecule is CN(C(=O)Oc1ccc(F)cc1)[C@@H]1CN(Cc2ccccc2)C[C@@]1(C)c1ccc(Cl)cc1. The minimum absolute atomic E-state index is 0.125. The van der Waals surface area contributed by atoms with E-state index in [0.29, 0.717) is 17.3 Å². The van der Waals surface area contributed by atoms with Crippen LogP contribution in [0.5, 0.6) is 5.75 Å². The van der Waals surface area contributed by atoms with E-state index in [1.807, 2.05) is 42.5 Å². The Balaban J connectivity index is 1.58. The number of carbonyl (C=O) groups excluding carboxylic acids is 1. The molecule has 1 fully saturated rings. The Kier molecular flexibility index (Phi) is 6.49. The van der Waals surface area contributed by atoms with Crippen LogP contribution in [0, 0.1) is 5.82 Å². The average molecular weight is 453 g/mol. The molecule has 3 aromatic carbocycles. The highest BCUT2D eigenvalue weighted by atomic mass is 35.5. The van der Waals surface area contributed by atoms with E-state index >= 15 is 0 Å². The van der Waals surface area contributed by atoms with Crippen molar-refractivity contribution in [2.24, 2.45) is 0 Å². The number of halogens is 2. The molecule has 0 saturated carbocycles. The van der Waals surface area contributed by atoms with Gasteiger partial charge in [-0.2, -0.15) is 0 Å². The second-order valence-electron chi connectivity index (χ2n) is 8.53. The van der Waals surface area contributed by atoms with E-state index in [0.717, 1.165) is 18.7 Å². The van der Waals surface area contributed by atoms with Crippen LogP contribution in [0.2, 0.25) is 5.02 Å². The van der Waals surface area contributed by atoms with Gasteiger partial charge in [0.1, 0.15) is 11.6 Å². The minimum Gasteiger partial charge on any atom is -0.410 e. The molecule has 0 radical (unpaired) electrons. The zero-order chi connectivity index (χ0) is 22.7. The van der Waals surface area contributed by atoms with Crippen LogP contribution in [0.25, 0.3) is 0 Å². The van der Waals surface area contributed by atoms with Crippen molar-refractivity contribution in [2.75, 3.05) is 20.1 Å². The first-order chi connectivity index (χ1) is 15.3. The van der Waals surface area contributed by atoms with Gasteiger partial charge in [0.25, 0.3) is 0 Å². The molecule has 0 N–H and O–H groups in total. The van der Waals surface area contributed by atoms with Crippen LogP contribution in [-0.2, 0) is 12.0 Å². The summed E-state index contributed by atoms with van der Waals surface area (Å²) in [6, 6.07) is 23.5. The maximum atomic E-state index is 13.2. The third-order valence-electron chi connectivity index (χ3n) is 6.25. The summed E-state index contributed by atoms with van der Waals surface area (Å²) in [6.07, 6.45) is -0.469. The summed E-state index contributed by atoms with van der Waals surface area (Å²) < 4.78 is 18.7. The maximum Gasteiger partial charge on any atom is 0.415 e. The average Bonchev–Trinajstić information content (AvgIpc) is 3.12. The number of benzene rings is 3. The van der Waals surface area contributed by atoms with Crippen molar-refractivity contribution in [1.82, 2.24) is 9.80 Å². The van der Waals surface area contributed by atoms with Gasteiger partial charge in [0.2, 0.25) is 0 Å². The minimum atomic E-state index is -0.469. The van der Waals surface area contributed by atoms with Gasteiger partial charge in [0.15, 0.2) is 0 Å². The smallest absolute Gasteiger partial charge is 0.410 e. The number of likely N-dealkylation sites (N-methyl/N-ethyl adjacent to an activating group) is 1. The zero-order valence-corrected chi connectivity index (χ0v) is 18.9. The van der Waals surface area contributed by atoms with E-state index in [1.165, 1.54) is 29.8 Å². The first-order valence-electron chi connectivity index (χ1n) is 10.6. The molecule has 6 heteroatoms. The molecule has 0 spiro atoms. The molecule has 3 aromatic rings. The first-order valence-corrected chi connectivity index (χ1v) is 11.0. The lowest BCUT2D eigenvalue weighted by Crippen LogP contribution is -2.50. The largest absolute Gasteiger partial charge is 0.415 e. The normalized spacial score (nSPS) is 20.8. The molecule has 1 aliphatic heterocycles. The second-order valence-corrected chi connectivity index (χ2v) is 8.96. The molecule has 1 heterocycles. The highest BCUT2D eigenvalue weighted by molar-refractivity contribution is 6.30. The quantitative estimate of drug-likeness (QED) is 0.494. The van der Waals surface area contributed by atoms with E-state index in [9.17, 15) is 9.18 Å². The Labute approximate surface area is 193 Å². The van der Waals surface area contributed by atoms with Crippen molar-refractivity contribution in [2.45, 2.75) is 24.9 Å². The number of rotatable bonds is 5. The summed E-state index contributed by atoms with van der Waals surface area (Å²) in [5.41, 5.74) is 2.02. The highest BCUT2D eigenvalue weighted by Crippen LogP contribution is 2.38. The summed E-state index contributed by atoms with van der Waals surface area (Å²) >= 11 is 6.13. The number of hydrogen-bond acceptors (Lipinski definition) is 3. The molecular weight excluding hydrogens is 427 g/mol. The number of nitrogens with zero attached hydrogens (tertiary/aromatic N) is 2. The van der Waals surface area contributed by atoms with Crippen LogP contribution < -0.4 is 4.74 Å². The highest BCUT2D eigenvalue weighted by Gasteiger charge is 2.47. The van der Waals surface area contributed by atoms with E-state index in [2.05, 4.69) is 24.0 Å². The summed E-state index contributed by atoms with van der Waals surface area (Å²) in [5, 5.41) is 0.678. The van der Waals surface area contributed by atoms with Gasteiger partial charge in [-0.3, -0.25) is 4.90 Å². The van der Waals surface area contributed by atoms with E-state index in [-0.39, 0.29) is 17.3 Å². The summed E-state index contributed by atoms with van der Waals surface area (Å²) in [5.74, 6) is -0.0589. The van der Waals surface area contributed by atoms with Crippen molar-refractivity contribution in [1.29, 1.82) is 0 Å². The lowest BCUT2D eigenvalue weighted by Gasteiger charge is -2.36. The summed E-state index contributed by atoms with van der Waals surface area (Å²) in [4.78, 5) is 17.0. The van der Waals surface area contributed by atoms with Crippen LogP contribution in [0.1, 0.15) is 18.1 Å². The molecule has 2 atom stereocenters. The molecule has 0 unspecified atom stereocenters. The lowest BCUT2D eigenvalue weighted by atomic mass is 9.77. The van der Waals surface area contributed by atoms with Gasteiger partial charge in [-0.1, -0.05) is 61.0 Å². The van der Waals surface area contributed by atoms with Gasteiger partial charge in [-0.05, 0) is 47.5 Å². The van der Waals surface area contributed by atoms with Crippen LogP contribution >= 0.6 is 11.6 Å². The Morgan fingerprint density at radius 2 is 1.75 bits per heavy atom. The topological polar surface area (TPSA) is 32.8 Å². The van der Waals surface area contributed by atoms with E-state index in [1.54, 1.807) is 11.9 Å². The van der Waals surface area contributed by atoms with Gasteiger partial charge in [0.05, 0.1) is 6.04 Å². The third kappa shape index (κ3) is 4.79. The number of ether oxygens (including phenoxy) is 1. The van der Waals surface area contributed by atoms with Crippen molar-refractivity contribution in [3.63, 3.8) is 0 Å². The molecule has 0 aliphatic carbocycles. The fourth-order valence-corrected chi connectivity index (χ4v) is 4.64. The van der Waals surface area contributed by atoms with E-state index < -0.39 is 6.09 Å². The standard InChI is InChI=1S/C26H26ClFN2O2/c1-26(20-8-10-21(27)11-9-20)18-30(16-19-6-4-3-5-7-19)17-24(26)29(2)25(31)32-23-14-12-22(28)13-15-23/h3-15,24H,16-18H2,1-2H3/t24-,26+/m1/s1. The van der Waals surface area contributed by atoms with Crippen LogP contribution in [0.15, 0.2) is 78.9 Å². The van der Waals surface area contributed by atoms with Gasteiger partial charge in [-0.25, -0.2) is 9.18 Å². The van der Waals surface area contributed by atoms with Crippen molar-refractivity contribution >= 4 is 17.7 Å². The molecule has 0 bridgehead atoms. The van der Waals surface area contributed by atoms with Gasteiger partial charge in [-0.15, -0.1) is 0 Å². The molecule has 1 saturated heterocycles. The molecule has 4 nitrogen and oxygen atoms in total. The number of carbonyl (C=O) groups is 1. The Bertz CT molecular complexity index is 1060. The van der Waals surface area contributed by atoms with Crippen LogP contribution in [-0.4, -0.2) is 42.1 Å². The van der Waals surface area contributed by atoms with Gasteiger partial charge in [0, 0.05) is 37.1 Å². The number of likely N-dealkylation sites (tertiary alicyclic amines) is 1. The monoisotopic (exact) mass is 452 g/mol. The molecule has 32 heavy (non-hydrogen) atoms. The van der Waals surface area contributed by atoms with Crippen molar-refractivity contribution in [3.8, 4) is 5.75 Å². The molecule has 1 aliphatic rings.